The lowest BCUT2D eigenvalue weighted by Gasteiger charge is -2.17. The van der Waals surface area contributed by atoms with Crippen LogP contribution in [0.25, 0.3) is 10.9 Å². The molecule has 0 saturated carbocycles. The van der Waals surface area contributed by atoms with Gasteiger partial charge < -0.3 is 15.2 Å². The van der Waals surface area contributed by atoms with Crippen molar-refractivity contribution in [1.29, 1.82) is 0 Å². The van der Waals surface area contributed by atoms with Crippen LogP contribution in [0, 0.1) is 0 Å². The smallest absolute Gasteiger partial charge is 0.254 e. The second-order valence-electron chi connectivity index (χ2n) is 5.18. The predicted octanol–water partition coefficient (Wildman–Crippen LogP) is 1.52. The van der Waals surface area contributed by atoms with E-state index in [9.17, 15) is 9.59 Å². The Hall–Kier alpha value is -2.30. The number of benzene rings is 1. The number of carbonyl (C=O) groups is 2. The molecule has 1 aliphatic rings. The van der Waals surface area contributed by atoms with Gasteiger partial charge in [-0.25, -0.2) is 0 Å². The zero-order chi connectivity index (χ0) is 14.1. The van der Waals surface area contributed by atoms with E-state index in [4.69, 9.17) is 0 Å². The lowest BCUT2D eigenvalue weighted by molar-refractivity contribution is -0.119. The van der Waals surface area contributed by atoms with Crippen LogP contribution in [-0.4, -0.2) is 40.8 Å². The molecule has 1 fully saturated rings. The van der Waals surface area contributed by atoms with Crippen LogP contribution in [0.3, 0.4) is 0 Å². The average molecular weight is 271 g/mol. The van der Waals surface area contributed by atoms with Crippen LogP contribution in [0.1, 0.15) is 23.7 Å². The molecule has 1 atom stereocenters. The molecule has 2 aromatic rings. The summed E-state index contributed by atoms with van der Waals surface area (Å²) in [4.78, 5) is 28.6. The first-order chi connectivity index (χ1) is 9.65. The fourth-order valence-electron chi connectivity index (χ4n) is 2.79. The fraction of sp³-hybridized carbons (Fsp3) is 0.333. The Balaban J connectivity index is 1.80. The number of nitrogens with one attached hydrogen (secondary N) is 2. The molecule has 1 unspecified atom stereocenters. The van der Waals surface area contributed by atoms with Crippen LogP contribution in [0.4, 0.5) is 0 Å². The second-order valence-corrected chi connectivity index (χ2v) is 5.18. The minimum Gasteiger partial charge on any atom is -0.361 e. The van der Waals surface area contributed by atoms with E-state index in [1.807, 2.05) is 35.4 Å². The summed E-state index contributed by atoms with van der Waals surface area (Å²) in [7, 11) is 0. The first kappa shape index (κ1) is 12.7. The van der Waals surface area contributed by atoms with Crippen molar-refractivity contribution in [3.8, 4) is 0 Å². The summed E-state index contributed by atoms with van der Waals surface area (Å²) in [6, 6.07) is 7.68. The zero-order valence-electron chi connectivity index (χ0n) is 11.3. The molecule has 1 aliphatic heterocycles. The minimum atomic E-state index is -0.0444. The molecule has 2 N–H and O–H groups in total. The van der Waals surface area contributed by atoms with Gasteiger partial charge in [-0.3, -0.25) is 9.59 Å². The highest BCUT2D eigenvalue weighted by Gasteiger charge is 2.28. The van der Waals surface area contributed by atoms with Crippen LogP contribution in [-0.2, 0) is 4.79 Å². The number of H-pyrrole nitrogens is 1. The highest BCUT2D eigenvalue weighted by molar-refractivity contribution is 6.06. The molecule has 0 bridgehead atoms. The number of hydrogen-bond donors (Lipinski definition) is 2. The monoisotopic (exact) mass is 271 g/mol. The van der Waals surface area contributed by atoms with E-state index < -0.39 is 0 Å². The van der Waals surface area contributed by atoms with E-state index >= 15 is 0 Å². The Bertz CT molecular complexity index is 662. The Morgan fingerprint density at radius 2 is 2.20 bits per heavy atom. The SMILES string of the molecule is CC(=O)NC1CCN(C(=O)c2cccc3[nH]ccc23)C1. The van der Waals surface area contributed by atoms with Crippen molar-refractivity contribution >= 4 is 22.7 Å². The number of nitrogens with zero attached hydrogens (tertiary/aromatic N) is 1. The maximum Gasteiger partial charge on any atom is 0.254 e. The van der Waals surface area contributed by atoms with Gasteiger partial charge >= 0.3 is 0 Å². The maximum absolute atomic E-state index is 12.6. The number of fused-ring (bicyclic) bond motifs is 1. The van der Waals surface area contributed by atoms with Crippen molar-refractivity contribution in [3.63, 3.8) is 0 Å². The highest BCUT2D eigenvalue weighted by atomic mass is 16.2. The van der Waals surface area contributed by atoms with Gasteiger partial charge in [0.1, 0.15) is 0 Å². The van der Waals surface area contributed by atoms with Gasteiger partial charge in [0.15, 0.2) is 0 Å². The van der Waals surface area contributed by atoms with Crippen LogP contribution in [0.5, 0.6) is 0 Å². The van der Waals surface area contributed by atoms with E-state index in [1.165, 1.54) is 6.92 Å². The number of aromatic nitrogens is 1. The molecular formula is C15H17N3O2. The zero-order valence-corrected chi connectivity index (χ0v) is 11.3. The van der Waals surface area contributed by atoms with Gasteiger partial charge in [-0.15, -0.1) is 0 Å². The summed E-state index contributed by atoms with van der Waals surface area (Å²) in [5.74, 6) is -0.0138. The third-order valence-corrected chi connectivity index (χ3v) is 3.71. The third-order valence-electron chi connectivity index (χ3n) is 3.71. The highest BCUT2D eigenvalue weighted by Crippen LogP contribution is 2.21. The lowest BCUT2D eigenvalue weighted by atomic mass is 10.1. The summed E-state index contributed by atoms with van der Waals surface area (Å²) in [5.41, 5.74) is 1.68. The summed E-state index contributed by atoms with van der Waals surface area (Å²) in [6.07, 6.45) is 2.65. The van der Waals surface area contributed by atoms with E-state index in [0.717, 1.165) is 17.3 Å². The molecule has 2 heterocycles. The van der Waals surface area contributed by atoms with Crippen LogP contribution in [0.2, 0.25) is 0 Å². The second kappa shape index (κ2) is 5.00. The molecule has 0 radical (unpaired) electrons. The quantitative estimate of drug-likeness (QED) is 0.869. The number of hydrogen-bond acceptors (Lipinski definition) is 2. The van der Waals surface area contributed by atoms with Crippen LogP contribution >= 0.6 is 0 Å². The Morgan fingerprint density at radius 3 is 3.00 bits per heavy atom. The molecule has 5 heteroatoms. The van der Waals surface area contributed by atoms with Gasteiger partial charge in [-0.2, -0.15) is 0 Å². The predicted molar refractivity (Wildman–Crippen MR) is 76.4 cm³/mol. The first-order valence-corrected chi connectivity index (χ1v) is 6.77. The Labute approximate surface area is 117 Å². The van der Waals surface area contributed by atoms with Crippen molar-refractivity contribution in [1.82, 2.24) is 15.2 Å². The van der Waals surface area contributed by atoms with Gasteiger partial charge in [0, 0.05) is 48.7 Å². The van der Waals surface area contributed by atoms with E-state index in [1.54, 1.807) is 0 Å². The van der Waals surface area contributed by atoms with E-state index in [2.05, 4.69) is 10.3 Å². The first-order valence-electron chi connectivity index (χ1n) is 6.77. The standard InChI is InChI=1S/C15H17N3O2/c1-10(19)17-11-6-8-18(9-11)15(20)13-3-2-4-14-12(13)5-7-16-14/h2-5,7,11,16H,6,8-9H2,1H3,(H,17,19). The van der Waals surface area contributed by atoms with Crippen molar-refractivity contribution in [2.24, 2.45) is 0 Å². The summed E-state index contributed by atoms with van der Waals surface area (Å²) in [5, 5.41) is 3.82. The van der Waals surface area contributed by atoms with Gasteiger partial charge in [0.2, 0.25) is 5.91 Å². The molecule has 104 valence electrons. The maximum atomic E-state index is 12.6. The summed E-state index contributed by atoms with van der Waals surface area (Å²) >= 11 is 0. The van der Waals surface area contributed by atoms with E-state index in [0.29, 0.717) is 18.7 Å². The normalized spacial score (nSPS) is 18.4. The van der Waals surface area contributed by atoms with Gasteiger partial charge in [-0.1, -0.05) is 6.07 Å². The number of amides is 2. The number of carbonyl (C=O) groups excluding carboxylic acids is 2. The van der Waals surface area contributed by atoms with Gasteiger partial charge in [0.05, 0.1) is 0 Å². The fourth-order valence-corrected chi connectivity index (χ4v) is 2.79. The van der Waals surface area contributed by atoms with Crippen molar-refractivity contribution in [2.45, 2.75) is 19.4 Å². The summed E-state index contributed by atoms with van der Waals surface area (Å²) in [6.45, 7) is 2.77. The van der Waals surface area contributed by atoms with Crippen LogP contribution < -0.4 is 5.32 Å². The van der Waals surface area contributed by atoms with Gasteiger partial charge in [-0.05, 0) is 24.6 Å². The molecule has 5 nitrogen and oxygen atoms in total. The molecule has 2 amide bonds. The van der Waals surface area contributed by atoms with E-state index in [-0.39, 0.29) is 17.9 Å². The van der Waals surface area contributed by atoms with Crippen molar-refractivity contribution in [2.75, 3.05) is 13.1 Å². The number of likely N-dealkylation sites (tertiary alicyclic amines) is 1. The molecule has 0 aliphatic carbocycles. The Kier molecular flexibility index (Phi) is 3.18. The molecule has 1 aromatic carbocycles. The lowest BCUT2D eigenvalue weighted by Crippen LogP contribution is -2.37. The Morgan fingerprint density at radius 1 is 1.35 bits per heavy atom. The van der Waals surface area contributed by atoms with Crippen molar-refractivity contribution < 1.29 is 9.59 Å². The number of aromatic amines is 1. The molecule has 1 aromatic heterocycles. The molecule has 20 heavy (non-hydrogen) atoms. The number of rotatable bonds is 2. The third kappa shape index (κ3) is 2.27. The molecular weight excluding hydrogens is 254 g/mol. The average Bonchev–Trinajstić information content (AvgIpc) is 3.05. The van der Waals surface area contributed by atoms with Gasteiger partial charge in [0.25, 0.3) is 5.91 Å². The molecule has 3 rings (SSSR count). The minimum absolute atomic E-state index is 0.0306. The van der Waals surface area contributed by atoms with Crippen LogP contribution in [0.15, 0.2) is 30.5 Å². The molecule has 0 spiro atoms. The summed E-state index contributed by atoms with van der Waals surface area (Å²) < 4.78 is 0. The van der Waals surface area contributed by atoms with Crippen molar-refractivity contribution in [3.05, 3.63) is 36.0 Å². The largest absolute Gasteiger partial charge is 0.361 e. The topological polar surface area (TPSA) is 65.2 Å². The molecule has 1 saturated heterocycles.